The fourth-order valence-corrected chi connectivity index (χ4v) is 2.37. The summed E-state index contributed by atoms with van der Waals surface area (Å²) in [5, 5.41) is 8.18. The van der Waals surface area contributed by atoms with Gasteiger partial charge in [0, 0.05) is 17.3 Å². The molecule has 0 bridgehead atoms. The molecular formula is C19H19N3O4. The number of benzene rings is 2. The highest BCUT2D eigenvalue weighted by Gasteiger charge is 2.23. The molecule has 0 aromatic heterocycles. The molecule has 2 aromatic carbocycles. The molecule has 7 heteroatoms. The summed E-state index contributed by atoms with van der Waals surface area (Å²) in [7, 11) is 1.28. The summed E-state index contributed by atoms with van der Waals surface area (Å²) >= 11 is 0. The van der Waals surface area contributed by atoms with Crippen molar-refractivity contribution in [2.75, 3.05) is 17.7 Å². The molecule has 3 rings (SSSR count). The second-order valence-corrected chi connectivity index (χ2v) is 5.94. The van der Waals surface area contributed by atoms with E-state index in [1.54, 1.807) is 48.5 Å². The molecule has 0 unspecified atom stereocenters. The molecule has 0 saturated heterocycles. The number of hydrogen-bond acceptors (Lipinski definition) is 4. The number of ether oxygens (including phenoxy) is 1. The normalized spacial score (nSPS) is 12.8. The molecule has 7 nitrogen and oxygen atoms in total. The molecule has 2 aromatic rings. The van der Waals surface area contributed by atoms with Crippen molar-refractivity contribution >= 4 is 29.3 Å². The first-order valence-electron chi connectivity index (χ1n) is 8.23. The fraction of sp³-hybridized carbons (Fsp3) is 0.211. The average Bonchev–Trinajstić information content (AvgIpc) is 3.46. The lowest BCUT2D eigenvalue weighted by molar-refractivity contribution is 0.0601. The van der Waals surface area contributed by atoms with Crippen LogP contribution in [0.3, 0.4) is 0 Å². The van der Waals surface area contributed by atoms with Gasteiger partial charge in [-0.3, -0.25) is 4.79 Å². The van der Waals surface area contributed by atoms with Crippen LogP contribution in [0, 0.1) is 0 Å². The van der Waals surface area contributed by atoms with Crippen molar-refractivity contribution in [1.29, 1.82) is 0 Å². The Morgan fingerprint density at radius 1 is 0.962 bits per heavy atom. The highest BCUT2D eigenvalue weighted by atomic mass is 16.5. The Morgan fingerprint density at radius 3 is 2.31 bits per heavy atom. The van der Waals surface area contributed by atoms with E-state index >= 15 is 0 Å². The molecule has 1 saturated carbocycles. The minimum atomic E-state index is -0.535. The van der Waals surface area contributed by atoms with Gasteiger partial charge in [0.15, 0.2) is 0 Å². The van der Waals surface area contributed by atoms with Crippen molar-refractivity contribution in [2.24, 2.45) is 0 Å². The van der Waals surface area contributed by atoms with E-state index in [9.17, 15) is 14.4 Å². The third kappa shape index (κ3) is 4.38. The monoisotopic (exact) mass is 353 g/mol. The Kier molecular flexibility index (Phi) is 5.17. The van der Waals surface area contributed by atoms with Crippen LogP contribution in [-0.4, -0.2) is 31.1 Å². The van der Waals surface area contributed by atoms with Gasteiger partial charge in [-0.2, -0.15) is 0 Å². The zero-order valence-electron chi connectivity index (χ0n) is 14.2. The van der Waals surface area contributed by atoms with E-state index in [0.29, 0.717) is 23.0 Å². The Balaban J connectivity index is 1.61. The Labute approximate surface area is 150 Å². The van der Waals surface area contributed by atoms with Crippen molar-refractivity contribution in [3.05, 3.63) is 59.7 Å². The molecule has 3 N–H and O–H groups in total. The summed E-state index contributed by atoms with van der Waals surface area (Å²) in [4.78, 5) is 35.8. The van der Waals surface area contributed by atoms with E-state index in [1.807, 2.05) is 0 Å². The molecular weight excluding hydrogens is 334 g/mol. The molecule has 0 spiro atoms. The summed E-state index contributed by atoms with van der Waals surface area (Å²) in [5.41, 5.74) is 1.68. The third-order valence-electron chi connectivity index (χ3n) is 3.90. The fourth-order valence-electron chi connectivity index (χ4n) is 2.37. The summed E-state index contributed by atoms with van der Waals surface area (Å²) in [6.07, 6.45) is 2.05. The lowest BCUT2D eigenvalue weighted by Gasteiger charge is -2.11. The Bertz CT molecular complexity index is 829. The molecule has 0 radical (unpaired) electrons. The number of carbonyl (C=O) groups excluding carboxylic acids is 3. The Morgan fingerprint density at radius 2 is 1.65 bits per heavy atom. The number of methoxy groups -OCH3 is 1. The van der Waals surface area contributed by atoms with Crippen LogP contribution in [0.15, 0.2) is 48.5 Å². The second kappa shape index (κ2) is 7.69. The summed E-state index contributed by atoms with van der Waals surface area (Å²) in [6.45, 7) is 0. The van der Waals surface area contributed by atoms with Crippen LogP contribution < -0.4 is 16.0 Å². The summed E-state index contributed by atoms with van der Waals surface area (Å²) in [6, 6.07) is 12.9. The van der Waals surface area contributed by atoms with Crippen molar-refractivity contribution in [2.45, 2.75) is 18.9 Å². The number of hydrogen-bond donors (Lipinski definition) is 3. The van der Waals surface area contributed by atoms with Gasteiger partial charge < -0.3 is 20.7 Å². The highest BCUT2D eigenvalue weighted by Crippen LogP contribution is 2.20. The van der Waals surface area contributed by atoms with Gasteiger partial charge in [-0.25, -0.2) is 9.59 Å². The minimum Gasteiger partial charge on any atom is -0.465 e. The maximum atomic E-state index is 12.2. The number of rotatable bonds is 5. The first-order valence-corrected chi connectivity index (χ1v) is 8.23. The van der Waals surface area contributed by atoms with Crippen molar-refractivity contribution in [1.82, 2.24) is 5.32 Å². The number of esters is 1. The van der Waals surface area contributed by atoms with Crippen molar-refractivity contribution < 1.29 is 19.1 Å². The number of carbonyl (C=O) groups is 3. The molecule has 3 amide bonds. The van der Waals surface area contributed by atoms with E-state index in [4.69, 9.17) is 4.74 Å². The maximum Gasteiger partial charge on any atom is 0.339 e. The first-order chi connectivity index (χ1) is 12.6. The standard InChI is InChI=1S/C19H19N3O4/c1-26-18(24)15-4-2-3-5-16(15)22-19(25)21-14-8-6-12(7-9-14)17(23)20-13-10-11-13/h2-9,13H,10-11H2,1H3,(H,20,23)(H2,21,22,25). The van der Waals surface area contributed by atoms with E-state index in [-0.39, 0.29) is 11.5 Å². The van der Waals surface area contributed by atoms with Crippen LogP contribution in [0.1, 0.15) is 33.6 Å². The van der Waals surface area contributed by atoms with Gasteiger partial charge in [0.05, 0.1) is 18.4 Å². The van der Waals surface area contributed by atoms with Crippen LogP contribution in [0.2, 0.25) is 0 Å². The average molecular weight is 353 g/mol. The van der Waals surface area contributed by atoms with Crippen molar-refractivity contribution in [3.63, 3.8) is 0 Å². The molecule has 0 atom stereocenters. The lowest BCUT2D eigenvalue weighted by Crippen LogP contribution is -2.25. The molecule has 1 fully saturated rings. The van der Waals surface area contributed by atoms with Gasteiger partial charge in [0.2, 0.25) is 0 Å². The molecule has 0 heterocycles. The maximum absolute atomic E-state index is 12.2. The van der Waals surface area contributed by atoms with E-state index in [0.717, 1.165) is 12.8 Å². The van der Waals surface area contributed by atoms with Crippen LogP contribution in [-0.2, 0) is 4.74 Å². The van der Waals surface area contributed by atoms with Gasteiger partial charge in [-0.15, -0.1) is 0 Å². The van der Waals surface area contributed by atoms with Crippen LogP contribution >= 0.6 is 0 Å². The van der Waals surface area contributed by atoms with Gasteiger partial charge in [-0.1, -0.05) is 12.1 Å². The smallest absolute Gasteiger partial charge is 0.339 e. The Hall–Kier alpha value is -3.35. The van der Waals surface area contributed by atoms with Crippen LogP contribution in [0.5, 0.6) is 0 Å². The van der Waals surface area contributed by atoms with Gasteiger partial charge in [0.1, 0.15) is 0 Å². The zero-order valence-corrected chi connectivity index (χ0v) is 14.2. The number of para-hydroxylation sites is 1. The topological polar surface area (TPSA) is 96.5 Å². The number of urea groups is 1. The predicted octanol–water partition coefficient (Wildman–Crippen LogP) is 3.01. The molecule has 26 heavy (non-hydrogen) atoms. The lowest BCUT2D eigenvalue weighted by atomic mass is 10.2. The van der Waals surface area contributed by atoms with Crippen LogP contribution in [0.4, 0.5) is 16.2 Å². The van der Waals surface area contributed by atoms with Gasteiger partial charge in [0.25, 0.3) is 5.91 Å². The van der Waals surface area contributed by atoms with E-state index in [2.05, 4.69) is 16.0 Å². The van der Waals surface area contributed by atoms with Gasteiger partial charge in [-0.05, 0) is 49.2 Å². The van der Waals surface area contributed by atoms with E-state index < -0.39 is 12.0 Å². The molecule has 1 aliphatic rings. The SMILES string of the molecule is COC(=O)c1ccccc1NC(=O)Nc1ccc(C(=O)NC2CC2)cc1. The highest BCUT2D eigenvalue weighted by molar-refractivity contribution is 6.05. The first kappa shape index (κ1) is 17.5. The second-order valence-electron chi connectivity index (χ2n) is 5.94. The largest absolute Gasteiger partial charge is 0.465 e. The quantitative estimate of drug-likeness (QED) is 0.720. The van der Waals surface area contributed by atoms with Crippen LogP contribution in [0.25, 0.3) is 0 Å². The summed E-state index contributed by atoms with van der Waals surface area (Å²) < 4.78 is 4.70. The number of nitrogens with one attached hydrogen (secondary N) is 3. The van der Waals surface area contributed by atoms with Crippen molar-refractivity contribution in [3.8, 4) is 0 Å². The number of anilines is 2. The minimum absolute atomic E-state index is 0.115. The van der Waals surface area contributed by atoms with Gasteiger partial charge >= 0.3 is 12.0 Å². The molecule has 134 valence electrons. The zero-order chi connectivity index (χ0) is 18.5. The van der Waals surface area contributed by atoms with E-state index in [1.165, 1.54) is 7.11 Å². The third-order valence-corrected chi connectivity index (χ3v) is 3.90. The summed E-state index contributed by atoms with van der Waals surface area (Å²) in [5.74, 6) is -0.651. The molecule has 1 aliphatic carbocycles. The molecule has 0 aliphatic heterocycles. The predicted molar refractivity (Wildman–Crippen MR) is 97.4 cm³/mol. The number of amides is 3.